The Morgan fingerprint density at radius 2 is 1.80 bits per heavy atom. The summed E-state index contributed by atoms with van der Waals surface area (Å²) in [6, 6.07) is 3.59. The first-order valence-corrected chi connectivity index (χ1v) is 17.0. The molecular formula is C33H50O7P-. The van der Waals surface area contributed by atoms with Crippen molar-refractivity contribution in [3.63, 3.8) is 0 Å². The van der Waals surface area contributed by atoms with Crippen LogP contribution in [0.4, 0.5) is 0 Å². The van der Waals surface area contributed by atoms with Crippen LogP contribution in [0.2, 0.25) is 0 Å². The second-order valence-electron chi connectivity index (χ2n) is 12.0. The second kappa shape index (κ2) is 15.5. The highest BCUT2D eigenvalue weighted by Crippen LogP contribution is 2.52. The van der Waals surface area contributed by atoms with Gasteiger partial charge in [0.25, 0.3) is 7.82 Å². The number of aryl methyl sites for hydroxylation is 1. The minimum absolute atomic E-state index is 0.0309. The van der Waals surface area contributed by atoms with Gasteiger partial charge in [0, 0.05) is 11.5 Å². The Morgan fingerprint density at radius 3 is 2.44 bits per heavy atom. The van der Waals surface area contributed by atoms with E-state index < -0.39 is 19.4 Å². The second-order valence-corrected chi connectivity index (χ2v) is 13.4. The first-order valence-electron chi connectivity index (χ1n) is 15.6. The molecule has 230 valence electrons. The van der Waals surface area contributed by atoms with Crippen LogP contribution < -0.4 is 9.63 Å². The van der Waals surface area contributed by atoms with Gasteiger partial charge in [-0.3, -0.25) is 9.09 Å². The number of carbonyl (C=O) groups excluding carboxylic acids is 1. The number of rotatable bonds is 17. The Hall–Kier alpha value is -1.92. The van der Waals surface area contributed by atoms with Crippen molar-refractivity contribution in [3.05, 3.63) is 47.1 Å². The minimum Gasteiger partial charge on any atom is -0.756 e. The number of hydrogen-bond acceptors (Lipinski definition) is 7. The highest BCUT2D eigenvalue weighted by molar-refractivity contribution is 7.46. The molecule has 1 aromatic rings. The highest BCUT2D eigenvalue weighted by atomic mass is 31.2. The quantitative estimate of drug-likeness (QED) is 0.0639. The molecule has 0 radical (unpaired) electrons. The zero-order chi connectivity index (χ0) is 30.0. The number of aromatic hydroxyl groups is 1. The third kappa shape index (κ3) is 9.28. The lowest BCUT2D eigenvalue weighted by molar-refractivity contribution is -0.243. The Bertz CT molecular complexity index is 1120. The maximum absolute atomic E-state index is 13.7. The predicted molar refractivity (Wildman–Crippen MR) is 161 cm³/mol. The molecule has 0 heterocycles. The van der Waals surface area contributed by atoms with Crippen LogP contribution in [0, 0.1) is 5.92 Å². The Kier molecular flexibility index (Phi) is 12.7. The van der Waals surface area contributed by atoms with Gasteiger partial charge < -0.3 is 19.3 Å². The average Bonchev–Trinajstić information content (AvgIpc) is 2.88. The molecule has 41 heavy (non-hydrogen) atoms. The number of hydrogen-bond donors (Lipinski definition) is 1. The monoisotopic (exact) mass is 589 g/mol. The molecule has 7 nitrogen and oxygen atoms in total. The first kappa shape index (κ1) is 33.6. The van der Waals surface area contributed by atoms with E-state index in [1.165, 1.54) is 5.57 Å². The number of phenolic OH excluding ortho intramolecular Hbond substituents is 1. The molecule has 0 aromatic heterocycles. The summed E-state index contributed by atoms with van der Waals surface area (Å²) in [5.74, 6) is -0.561. The number of phosphoric ester groups is 1. The Balaban J connectivity index is 1.86. The van der Waals surface area contributed by atoms with Crippen molar-refractivity contribution in [2.75, 3.05) is 6.61 Å². The van der Waals surface area contributed by atoms with Gasteiger partial charge in [0.1, 0.15) is 11.5 Å². The van der Waals surface area contributed by atoms with Gasteiger partial charge in [-0.15, -0.1) is 0 Å². The Labute approximate surface area is 247 Å². The van der Waals surface area contributed by atoms with E-state index in [1.807, 2.05) is 13.0 Å². The molecule has 3 rings (SSSR count). The van der Waals surface area contributed by atoms with Crippen LogP contribution in [-0.4, -0.2) is 23.3 Å². The molecule has 2 aliphatic carbocycles. The smallest absolute Gasteiger partial charge is 0.344 e. The average molecular weight is 590 g/mol. The molecule has 1 saturated carbocycles. The van der Waals surface area contributed by atoms with Crippen LogP contribution in [0.5, 0.6) is 11.5 Å². The summed E-state index contributed by atoms with van der Waals surface area (Å²) in [6.45, 7) is 12.5. The van der Waals surface area contributed by atoms with Gasteiger partial charge in [-0.25, -0.2) is 4.79 Å². The van der Waals surface area contributed by atoms with E-state index in [2.05, 4.69) is 33.4 Å². The third-order valence-electron chi connectivity index (χ3n) is 8.48. The lowest BCUT2D eigenvalue weighted by atomic mass is 9.73. The van der Waals surface area contributed by atoms with Crippen LogP contribution in [0.15, 0.2) is 35.9 Å². The predicted octanol–water partition coefficient (Wildman–Crippen LogP) is 8.44. The fourth-order valence-electron chi connectivity index (χ4n) is 5.86. The van der Waals surface area contributed by atoms with Crippen molar-refractivity contribution in [2.45, 2.75) is 129 Å². The van der Waals surface area contributed by atoms with Crippen LogP contribution in [0.25, 0.3) is 0 Å². The third-order valence-corrected chi connectivity index (χ3v) is 9.55. The van der Waals surface area contributed by atoms with Crippen molar-refractivity contribution in [3.8, 4) is 11.5 Å². The van der Waals surface area contributed by atoms with Gasteiger partial charge in [-0.1, -0.05) is 76.2 Å². The topological polar surface area (TPSA) is 105 Å². The maximum Gasteiger partial charge on any atom is 0.344 e. The molecule has 0 spiro atoms. The molecule has 1 unspecified atom stereocenters. The van der Waals surface area contributed by atoms with Crippen LogP contribution >= 0.6 is 7.82 Å². The fraction of sp³-hybridized carbons (Fsp3) is 0.667. The molecule has 0 amide bonds. The molecule has 0 aliphatic heterocycles. The van der Waals surface area contributed by atoms with Crippen LogP contribution in [-0.2, 0) is 24.8 Å². The van der Waals surface area contributed by atoms with E-state index in [9.17, 15) is 19.4 Å². The van der Waals surface area contributed by atoms with Gasteiger partial charge in [-0.05, 0) is 88.8 Å². The molecule has 1 fully saturated rings. The molecule has 0 saturated heterocycles. The van der Waals surface area contributed by atoms with Gasteiger partial charge in [-0.2, -0.15) is 0 Å². The molecule has 8 heteroatoms. The Morgan fingerprint density at radius 1 is 1.12 bits per heavy atom. The number of unbranched alkanes of at least 4 members (excludes halogenated alkanes) is 6. The van der Waals surface area contributed by atoms with Gasteiger partial charge in [0.2, 0.25) is 0 Å². The van der Waals surface area contributed by atoms with Gasteiger partial charge in [0.15, 0.2) is 5.60 Å². The van der Waals surface area contributed by atoms with Crippen molar-refractivity contribution < 1.29 is 33.1 Å². The summed E-state index contributed by atoms with van der Waals surface area (Å²) < 4.78 is 29.3. The zero-order valence-electron chi connectivity index (χ0n) is 25.5. The molecule has 1 aromatic carbocycles. The number of allylic oxidation sites excluding steroid dienone is 3. The number of phosphoric acid groups is 1. The zero-order valence-corrected chi connectivity index (χ0v) is 26.4. The van der Waals surface area contributed by atoms with E-state index >= 15 is 0 Å². The lowest BCUT2D eigenvalue weighted by Gasteiger charge is -2.42. The van der Waals surface area contributed by atoms with E-state index in [0.717, 1.165) is 75.3 Å². The number of phenols is 1. The van der Waals surface area contributed by atoms with Crippen molar-refractivity contribution in [1.82, 2.24) is 0 Å². The molecule has 0 bridgehead atoms. The van der Waals surface area contributed by atoms with Crippen LogP contribution in [0.1, 0.15) is 128 Å². The summed E-state index contributed by atoms with van der Waals surface area (Å²) in [7, 11) is -4.72. The summed E-state index contributed by atoms with van der Waals surface area (Å²) in [5, 5.41) is 11.3. The minimum atomic E-state index is -4.72. The number of ether oxygens (including phenoxy) is 1. The van der Waals surface area contributed by atoms with Crippen LogP contribution in [0.3, 0.4) is 0 Å². The summed E-state index contributed by atoms with van der Waals surface area (Å²) >= 11 is 0. The molecule has 1 N–H and O–H groups in total. The van der Waals surface area contributed by atoms with E-state index in [4.69, 9.17) is 13.8 Å². The van der Waals surface area contributed by atoms with E-state index in [-0.39, 0.29) is 42.8 Å². The summed E-state index contributed by atoms with van der Waals surface area (Å²) in [6.07, 6.45) is 13.5. The van der Waals surface area contributed by atoms with Crippen molar-refractivity contribution in [2.24, 2.45) is 5.92 Å². The van der Waals surface area contributed by atoms with Gasteiger partial charge in [0.05, 0.1) is 6.61 Å². The summed E-state index contributed by atoms with van der Waals surface area (Å²) in [4.78, 5) is 26.4. The van der Waals surface area contributed by atoms with E-state index in [0.29, 0.717) is 18.4 Å². The SMILES string of the molecule is C=C(C)[C@@H]1CCC(C)=C[C@H]1c1c(O)cc(CCCCC)cc1OC(=O)C1(OP(=O)([O-])OCCCCCCC)CCC1. The fourth-order valence-corrected chi connectivity index (χ4v) is 6.95. The number of esters is 1. The first-order chi connectivity index (χ1) is 19.5. The highest BCUT2D eigenvalue weighted by Gasteiger charge is 2.50. The van der Waals surface area contributed by atoms with Crippen molar-refractivity contribution >= 4 is 13.8 Å². The number of carbonyl (C=O) groups is 1. The summed E-state index contributed by atoms with van der Waals surface area (Å²) in [5.41, 5.74) is 1.99. The molecule has 2 aliphatic rings. The molecular weight excluding hydrogens is 539 g/mol. The number of benzene rings is 1. The van der Waals surface area contributed by atoms with E-state index in [1.54, 1.807) is 6.07 Å². The lowest BCUT2D eigenvalue weighted by Crippen LogP contribution is -2.50. The maximum atomic E-state index is 13.7. The largest absolute Gasteiger partial charge is 0.756 e. The molecule has 3 atom stereocenters. The van der Waals surface area contributed by atoms with Crippen molar-refractivity contribution in [1.29, 1.82) is 0 Å². The van der Waals surface area contributed by atoms with Gasteiger partial charge >= 0.3 is 5.97 Å². The normalized spacial score (nSPS) is 21.4. The standard InChI is InChI=1S/C33H51O7P/c1-6-8-10-11-13-20-38-41(36,37)40-33(18-14-19-33)32(35)39-30-23-26(15-12-9-7-2)22-29(34)31(30)28-21-25(5)16-17-27(28)24(3)4/h21-23,27-28,34H,3,6-20H2,1-2,4-5H3,(H,36,37)/p-1/t27-,28+/m0/s1.